The lowest BCUT2D eigenvalue weighted by Gasteiger charge is -2.11. The molecule has 7 heteroatoms. The summed E-state index contributed by atoms with van der Waals surface area (Å²) in [5.41, 5.74) is -1.15. The van der Waals surface area contributed by atoms with Crippen molar-refractivity contribution < 1.29 is 17.6 Å². The molecule has 0 saturated carbocycles. The highest BCUT2D eigenvalue weighted by Gasteiger charge is 2.34. The Hall–Kier alpha value is -1.79. The second-order valence-corrected chi connectivity index (χ2v) is 3.47. The number of anilines is 1. The largest absolute Gasteiger partial charge is 0.419 e. The van der Waals surface area contributed by atoms with Gasteiger partial charge >= 0.3 is 6.18 Å². The van der Waals surface area contributed by atoms with Crippen molar-refractivity contribution in [3.05, 3.63) is 29.6 Å². The molecule has 1 aliphatic heterocycles. The van der Waals surface area contributed by atoms with Crippen LogP contribution in [0.1, 0.15) is 5.56 Å². The number of alkyl halides is 3. The van der Waals surface area contributed by atoms with Gasteiger partial charge in [0.15, 0.2) is 5.96 Å². The van der Waals surface area contributed by atoms with Crippen molar-refractivity contribution in [2.24, 2.45) is 4.99 Å². The van der Waals surface area contributed by atoms with Crippen molar-refractivity contribution in [1.29, 1.82) is 0 Å². The van der Waals surface area contributed by atoms with Gasteiger partial charge in [0, 0.05) is 12.2 Å². The Balaban J connectivity index is 2.24. The molecular weight excluding hydrogens is 238 g/mol. The molecule has 0 saturated heterocycles. The van der Waals surface area contributed by atoms with Crippen LogP contribution in [0.3, 0.4) is 0 Å². The quantitative estimate of drug-likeness (QED) is 0.746. The first-order chi connectivity index (χ1) is 7.97. The molecule has 92 valence electrons. The monoisotopic (exact) mass is 247 g/mol. The van der Waals surface area contributed by atoms with Gasteiger partial charge in [-0.25, -0.2) is 4.39 Å². The van der Waals surface area contributed by atoms with Gasteiger partial charge in [-0.3, -0.25) is 4.99 Å². The summed E-state index contributed by atoms with van der Waals surface area (Å²) in [4.78, 5) is 3.96. The van der Waals surface area contributed by atoms with Gasteiger partial charge in [0.2, 0.25) is 0 Å². The predicted octanol–water partition coefficient (Wildman–Crippen LogP) is 2.22. The number of hydrogen-bond acceptors (Lipinski definition) is 3. The molecule has 1 aliphatic rings. The van der Waals surface area contributed by atoms with Gasteiger partial charge in [-0.2, -0.15) is 13.2 Å². The van der Waals surface area contributed by atoms with Crippen LogP contribution in [0.2, 0.25) is 0 Å². The Bertz CT molecular complexity index is 453. The highest BCUT2D eigenvalue weighted by Crippen LogP contribution is 2.32. The van der Waals surface area contributed by atoms with E-state index >= 15 is 0 Å². The summed E-state index contributed by atoms with van der Waals surface area (Å²) in [6, 6.07) is 2.73. The number of nitrogens with zero attached hydrogens (tertiary/aromatic N) is 1. The summed E-state index contributed by atoms with van der Waals surface area (Å²) < 4.78 is 50.3. The van der Waals surface area contributed by atoms with Crippen molar-refractivity contribution in [3.8, 4) is 0 Å². The molecule has 1 aromatic rings. The molecule has 0 aromatic heterocycles. The molecule has 0 radical (unpaired) electrons. The van der Waals surface area contributed by atoms with Crippen LogP contribution in [0.15, 0.2) is 23.2 Å². The minimum absolute atomic E-state index is 0.145. The van der Waals surface area contributed by atoms with E-state index in [0.717, 1.165) is 12.1 Å². The van der Waals surface area contributed by atoms with Gasteiger partial charge in [-0.05, 0) is 18.2 Å². The zero-order valence-electron chi connectivity index (χ0n) is 8.61. The minimum atomic E-state index is -4.70. The highest BCUT2D eigenvalue weighted by molar-refractivity contribution is 5.94. The van der Waals surface area contributed by atoms with Crippen LogP contribution in [0.5, 0.6) is 0 Å². The Morgan fingerprint density at radius 2 is 2.06 bits per heavy atom. The maximum Gasteiger partial charge on any atom is 0.419 e. The Kier molecular flexibility index (Phi) is 2.91. The van der Waals surface area contributed by atoms with Gasteiger partial charge in [0.05, 0.1) is 12.1 Å². The topological polar surface area (TPSA) is 36.4 Å². The van der Waals surface area contributed by atoms with Gasteiger partial charge < -0.3 is 10.6 Å². The number of rotatable bonds is 1. The second kappa shape index (κ2) is 4.23. The third-order valence-electron chi connectivity index (χ3n) is 2.21. The molecule has 1 heterocycles. The lowest BCUT2D eigenvalue weighted by molar-refractivity contribution is -0.139. The summed E-state index contributed by atoms with van der Waals surface area (Å²) in [5, 5.41) is 5.49. The SMILES string of the molecule is Fc1ccc(NC2=NCCN2)cc1C(F)(F)F. The molecule has 2 N–H and O–H groups in total. The number of halogens is 4. The van der Waals surface area contributed by atoms with E-state index in [1.165, 1.54) is 6.07 Å². The molecule has 3 nitrogen and oxygen atoms in total. The zero-order valence-corrected chi connectivity index (χ0v) is 8.61. The number of benzene rings is 1. The van der Waals surface area contributed by atoms with Crippen LogP contribution in [0.25, 0.3) is 0 Å². The lowest BCUT2D eigenvalue weighted by Crippen LogP contribution is -2.26. The number of nitrogens with one attached hydrogen (secondary N) is 2. The van der Waals surface area contributed by atoms with E-state index in [-0.39, 0.29) is 5.69 Å². The van der Waals surface area contributed by atoms with E-state index in [9.17, 15) is 17.6 Å². The zero-order chi connectivity index (χ0) is 12.5. The number of hydrogen-bond donors (Lipinski definition) is 2. The van der Waals surface area contributed by atoms with Crippen LogP contribution in [-0.2, 0) is 6.18 Å². The molecule has 1 aromatic carbocycles. The Morgan fingerprint density at radius 3 is 2.65 bits per heavy atom. The van der Waals surface area contributed by atoms with Crippen LogP contribution >= 0.6 is 0 Å². The van der Waals surface area contributed by atoms with Crippen molar-refractivity contribution in [2.75, 3.05) is 18.4 Å². The fourth-order valence-electron chi connectivity index (χ4n) is 1.44. The van der Waals surface area contributed by atoms with Crippen LogP contribution < -0.4 is 10.6 Å². The van der Waals surface area contributed by atoms with Crippen molar-refractivity contribution >= 4 is 11.6 Å². The molecule has 17 heavy (non-hydrogen) atoms. The smallest absolute Gasteiger partial charge is 0.354 e. The van der Waals surface area contributed by atoms with Gasteiger partial charge in [0.1, 0.15) is 5.82 Å². The standard InChI is InChI=1S/C10H9F4N3/c11-8-2-1-6(5-7(8)10(12,13)14)17-9-15-3-4-16-9/h1-2,5H,3-4H2,(H2,15,16,17). The maximum atomic E-state index is 13.0. The van der Waals surface area contributed by atoms with E-state index in [0.29, 0.717) is 19.0 Å². The van der Waals surface area contributed by atoms with E-state index in [2.05, 4.69) is 15.6 Å². The molecule has 2 rings (SSSR count). The lowest BCUT2D eigenvalue weighted by atomic mass is 10.2. The number of guanidine groups is 1. The molecule has 0 amide bonds. The summed E-state index contributed by atoms with van der Waals surface area (Å²) in [7, 11) is 0. The summed E-state index contributed by atoms with van der Waals surface area (Å²) in [5.74, 6) is -0.894. The third kappa shape index (κ3) is 2.66. The normalized spacial score (nSPS) is 15.4. The van der Waals surface area contributed by atoms with Crippen molar-refractivity contribution in [1.82, 2.24) is 5.32 Å². The molecule has 0 atom stereocenters. The van der Waals surface area contributed by atoms with E-state index < -0.39 is 17.6 Å². The predicted molar refractivity (Wildman–Crippen MR) is 55.3 cm³/mol. The summed E-state index contributed by atoms with van der Waals surface area (Å²) in [6.45, 7) is 1.20. The first-order valence-electron chi connectivity index (χ1n) is 4.89. The molecular formula is C10H9F4N3. The van der Waals surface area contributed by atoms with E-state index in [4.69, 9.17) is 0 Å². The van der Waals surface area contributed by atoms with Crippen molar-refractivity contribution in [3.63, 3.8) is 0 Å². The fourth-order valence-corrected chi connectivity index (χ4v) is 1.44. The van der Waals surface area contributed by atoms with Gasteiger partial charge in [0.25, 0.3) is 0 Å². The summed E-state index contributed by atoms with van der Waals surface area (Å²) in [6.07, 6.45) is -4.70. The van der Waals surface area contributed by atoms with Crippen molar-refractivity contribution in [2.45, 2.75) is 6.18 Å². The van der Waals surface area contributed by atoms with Gasteiger partial charge in [-0.1, -0.05) is 0 Å². The van der Waals surface area contributed by atoms with Crippen LogP contribution in [0, 0.1) is 5.82 Å². The minimum Gasteiger partial charge on any atom is -0.354 e. The second-order valence-electron chi connectivity index (χ2n) is 3.47. The maximum absolute atomic E-state index is 13.0. The first kappa shape index (κ1) is 11.7. The van der Waals surface area contributed by atoms with E-state index in [1.807, 2.05) is 0 Å². The fraction of sp³-hybridized carbons (Fsp3) is 0.300. The average Bonchev–Trinajstić information content (AvgIpc) is 2.72. The van der Waals surface area contributed by atoms with E-state index in [1.54, 1.807) is 0 Å². The average molecular weight is 247 g/mol. The molecule has 0 aliphatic carbocycles. The Morgan fingerprint density at radius 1 is 1.29 bits per heavy atom. The molecule has 0 bridgehead atoms. The van der Waals surface area contributed by atoms with Crippen LogP contribution in [0.4, 0.5) is 23.2 Å². The molecule has 0 spiro atoms. The highest BCUT2D eigenvalue weighted by atomic mass is 19.4. The molecule has 0 unspecified atom stereocenters. The summed E-state index contributed by atoms with van der Waals surface area (Å²) >= 11 is 0. The Labute approximate surface area is 94.5 Å². The van der Waals surface area contributed by atoms with Crippen LogP contribution in [-0.4, -0.2) is 19.0 Å². The first-order valence-corrected chi connectivity index (χ1v) is 4.89. The molecule has 0 fully saturated rings. The number of aliphatic imine (C=N–C) groups is 1. The third-order valence-corrected chi connectivity index (χ3v) is 2.21. The van der Waals surface area contributed by atoms with Gasteiger partial charge in [-0.15, -0.1) is 0 Å².